The zero-order chi connectivity index (χ0) is 8.77. The molecule has 0 bridgehead atoms. The highest BCUT2D eigenvalue weighted by atomic mass is 35.5. The molecule has 2 N–H and O–H groups in total. The van der Waals surface area contributed by atoms with Crippen LogP contribution in [0.5, 0.6) is 0 Å². The number of benzene rings is 1. The molecule has 1 aromatic carbocycles. The van der Waals surface area contributed by atoms with Gasteiger partial charge in [-0.1, -0.05) is 17.7 Å². The molecule has 1 fully saturated rings. The molecule has 0 spiro atoms. The van der Waals surface area contributed by atoms with Crippen LogP contribution in [0.1, 0.15) is 18.4 Å². The summed E-state index contributed by atoms with van der Waals surface area (Å²) in [5, 5.41) is 0.417. The van der Waals surface area contributed by atoms with E-state index >= 15 is 0 Å². The zero-order valence-corrected chi connectivity index (χ0v) is 8.46. The van der Waals surface area contributed by atoms with E-state index in [0.29, 0.717) is 10.6 Å². The van der Waals surface area contributed by atoms with Crippen molar-refractivity contribution in [1.29, 1.82) is 0 Å². The average Bonchev–Trinajstić information content (AvgIpc) is 2.68. The molecule has 2 rings (SSSR count). The highest BCUT2D eigenvalue weighted by Crippen LogP contribution is 2.43. The molecule has 13 heavy (non-hydrogen) atoms. The summed E-state index contributed by atoms with van der Waals surface area (Å²) in [6.07, 6.45) is 1.73. The third kappa shape index (κ3) is 1.96. The first kappa shape index (κ1) is 10.8. The van der Waals surface area contributed by atoms with Crippen LogP contribution in [-0.4, -0.2) is 0 Å². The molecule has 1 saturated carbocycles. The van der Waals surface area contributed by atoms with Crippen LogP contribution < -0.4 is 5.73 Å². The third-order valence-electron chi connectivity index (χ3n) is 2.26. The van der Waals surface area contributed by atoms with Gasteiger partial charge in [0, 0.05) is 16.1 Å². The molecule has 0 radical (unpaired) electrons. The van der Waals surface area contributed by atoms with E-state index in [1.54, 1.807) is 12.1 Å². The molecule has 1 aromatic rings. The lowest BCUT2D eigenvalue weighted by atomic mass is 10.1. The molecule has 0 heterocycles. The molecule has 0 atom stereocenters. The van der Waals surface area contributed by atoms with Crippen LogP contribution in [0.2, 0.25) is 5.02 Å². The van der Waals surface area contributed by atoms with Crippen molar-refractivity contribution in [3.8, 4) is 0 Å². The number of hydrogen-bond acceptors (Lipinski definition) is 1. The van der Waals surface area contributed by atoms with Gasteiger partial charge in [-0.3, -0.25) is 0 Å². The monoisotopic (exact) mass is 221 g/mol. The molecular formula is C9H10Cl2FN. The van der Waals surface area contributed by atoms with Crippen molar-refractivity contribution in [2.75, 3.05) is 0 Å². The van der Waals surface area contributed by atoms with Gasteiger partial charge in [0.15, 0.2) is 0 Å². The van der Waals surface area contributed by atoms with Gasteiger partial charge < -0.3 is 5.73 Å². The predicted octanol–water partition coefficient (Wildman–Crippen LogP) is 2.85. The highest BCUT2D eigenvalue weighted by Gasteiger charge is 2.41. The van der Waals surface area contributed by atoms with Gasteiger partial charge in [-0.15, -0.1) is 12.4 Å². The van der Waals surface area contributed by atoms with E-state index in [4.69, 9.17) is 17.3 Å². The fourth-order valence-electron chi connectivity index (χ4n) is 1.30. The Labute approximate surface area is 87.5 Å². The Morgan fingerprint density at radius 3 is 2.46 bits per heavy atom. The number of nitrogens with two attached hydrogens (primary N) is 1. The van der Waals surface area contributed by atoms with E-state index < -0.39 is 5.54 Å². The fraction of sp³-hybridized carbons (Fsp3) is 0.333. The van der Waals surface area contributed by atoms with Crippen molar-refractivity contribution >= 4 is 24.0 Å². The Bertz CT molecular complexity index is 323. The second kappa shape index (κ2) is 3.45. The highest BCUT2D eigenvalue weighted by molar-refractivity contribution is 6.30. The molecule has 0 unspecified atom stereocenters. The molecule has 0 saturated heterocycles. The van der Waals surface area contributed by atoms with E-state index in [0.717, 1.165) is 12.8 Å². The predicted molar refractivity (Wildman–Crippen MR) is 53.8 cm³/mol. The van der Waals surface area contributed by atoms with E-state index in [2.05, 4.69) is 0 Å². The Hall–Kier alpha value is -0.310. The van der Waals surface area contributed by atoms with Gasteiger partial charge >= 0.3 is 0 Å². The van der Waals surface area contributed by atoms with Crippen molar-refractivity contribution in [3.05, 3.63) is 34.6 Å². The van der Waals surface area contributed by atoms with Crippen LogP contribution >= 0.6 is 24.0 Å². The lowest BCUT2D eigenvalue weighted by molar-refractivity contribution is 0.578. The first-order valence-electron chi connectivity index (χ1n) is 3.86. The Morgan fingerprint density at radius 1 is 1.38 bits per heavy atom. The molecule has 4 heteroatoms. The Kier molecular flexibility index (Phi) is 2.85. The summed E-state index contributed by atoms with van der Waals surface area (Å²) >= 11 is 5.61. The van der Waals surface area contributed by atoms with Crippen LogP contribution in [-0.2, 0) is 5.54 Å². The standard InChI is InChI=1S/C9H9ClFN.ClH/c10-6-1-2-7(8(11)5-6)9(12)3-4-9;/h1-2,5H,3-4,12H2;1H. The molecule has 1 aliphatic rings. The first-order chi connectivity index (χ1) is 5.62. The molecule has 72 valence electrons. The van der Waals surface area contributed by atoms with E-state index in [1.807, 2.05) is 0 Å². The van der Waals surface area contributed by atoms with Crippen molar-refractivity contribution in [3.63, 3.8) is 0 Å². The molecule has 0 amide bonds. The first-order valence-corrected chi connectivity index (χ1v) is 4.24. The fourth-order valence-corrected chi connectivity index (χ4v) is 1.46. The van der Waals surface area contributed by atoms with Crippen LogP contribution in [0, 0.1) is 5.82 Å². The zero-order valence-electron chi connectivity index (χ0n) is 6.89. The number of hydrogen-bond donors (Lipinski definition) is 1. The third-order valence-corrected chi connectivity index (χ3v) is 2.49. The summed E-state index contributed by atoms with van der Waals surface area (Å²) in [5.41, 5.74) is 6.02. The minimum atomic E-state index is -0.408. The minimum absolute atomic E-state index is 0. The van der Waals surface area contributed by atoms with E-state index in [-0.39, 0.29) is 18.2 Å². The summed E-state index contributed by atoms with van der Waals surface area (Å²) in [7, 11) is 0. The Balaban J connectivity index is 0.000000845. The SMILES string of the molecule is Cl.NC1(c2ccc(Cl)cc2F)CC1. The van der Waals surface area contributed by atoms with Gasteiger partial charge in [-0.25, -0.2) is 4.39 Å². The van der Waals surface area contributed by atoms with Gasteiger partial charge in [0.05, 0.1) is 0 Å². The largest absolute Gasteiger partial charge is 0.321 e. The van der Waals surface area contributed by atoms with E-state index in [1.165, 1.54) is 6.07 Å². The lowest BCUT2D eigenvalue weighted by Gasteiger charge is -2.09. The average molecular weight is 222 g/mol. The van der Waals surface area contributed by atoms with Gasteiger partial charge in [-0.2, -0.15) is 0 Å². The minimum Gasteiger partial charge on any atom is -0.321 e. The maximum absolute atomic E-state index is 13.2. The maximum Gasteiger partial charge on any atom is 0.129 e. The lowest BCUT2D eigenvalue weighted by Crippen LogP contribution is -2.20. The van der Waals surface area contributed by atoms with Crippen LogP contribution in [0.25, 0.3) is 0 Å². The topological polar surface area (TPSA) is 26.0 Å². The van der Waals surface area contributed by atoms with Crippen molar-refractivity contribution in [2.24, 2.45) is 5.73 Å². The molecule has 1 nitrogen and oxygen atoms in total. The smallest absolute Gasteiger partial charge is 0.129 e. The molecule has 0 aliphatic heterocycles. The van der Waals surface area contributed by atoms with E-state index in [9.17, 15) is 4.39 Å². The number of rotatable bonds is 1. The van der Waals surface area contributed by atoms with Gasteiger partial charge in [0.2, 0.25) is 0 Å². The quantitative estimate of drug-likeness (QED) is 0.776. The summed E-state index contributed by atoms with van der Waals surface area (Å²) in [4.78, 5) is 0. The summed E-state index contributed by atoms with van der Waals surface area (Å²) in [6.45, 7) is 0. The second-order valence-corrected chi connectivity index (χ2v) is 3.72. The summed E-state index contributed by atoms with van der Waals surface area (Å²) in [5.74, 6) is -0.289. The van der Waals surface area contributed by atoms with Gasteiger partial charge in [-0.05, 0) is 25.0 Å². The number of halogens is 3. The van der Waals surface area contributed by atoms with Crippen LogP contribution in [0.15, 0.2) is 18.2 Å². The van der Waals surface area contributed by atoms with Crippen molar-refractivity contribution in [2.45, 2.75) is 18.4 Å². The van der Waals surface area contributed by atoms with Crippen molar-refractivity contribution < 1.29 is 4.39 Å². The van der Waals surface area contributed by atoms with Gasteiger partial charge in [0.25, 0.3) is 0 Å². The summed E-state index contributed by atoms with van der Waals surface area (Å²) < 4.78 is 13.2. The maximum atomic E-state index is 13.2. The second-order valence-electron chi connectivity index (χ2n) is 3.28. The van der Waals surface area contributed by atoms with Crippen LogP contribution in [0.3, 0.4) is 0 Å². The normalized spacial score (nSPS) is 17.8. The van der Waals surface area contributed by atoms with Crippen LogP contribution in [0.4, 0.5) is 4.39 Å². The summed E-state index contributed by atoms with van der Waals surface area (Å²) in [6, 6.07) is 4.65. The van der Waals surface area contributed by atoms with Crippen molar-refractivity contribution in [1.82, 2.24) is 0 Å². The molecule has 0 aromatic heterocycles. The molecular weight excluding hydrogens is 212 g/mol. The van der Waals surface area contributed by atoms with Gasteiger partial charge in [0.1, 0.15) is 5.82 Å². The Morgan fingerprint density at radius 2 is 2.00 bits per heavy atom. The molecule has 1 aliphatic carbocycles.